The number of hydrogen-bond acceptors (Lipinski definition) is 0. The fourth-order valence-electron chi connectivity index (χ4n) is 7.31. The predicted molar refractivity (Wildman–Crippen MR) is 139 cm³/mol. The smallest absolute Gasteiger partial charge is 0.0619 e. The molecule has 0 atom stereocenters. The molecule has 0 nitrogen and oxygen atoms in total. The van der Waals surface area contributed by atoms with Crippen LogP contribution in [-0.4, -0.2) is 0 Å². The molecule has 0 amide bonds. The van der Waals surface area contributed by atoms with Crippen molar-refractivity contribution in [1.82, 2.24) is 0 Å². The summed E-state index contributed by atoms with van der Waals surface area (Å²) >= 11 is 0. The summed E-state index contributed by atoms with van der Waals surface area (Å²) in [6.45, 7) is 0. The van der Waals surface area contributed by atoms with E-state index in [1.807, 2.05) is 0 Å². The second-order valence-electron chi connectivity index (χ2n) is 9.62. The van der Waals surface area contributed by atoms with Crippen LogP contribution in [0.1, 0.15) is 22.3 Å². The second-order valence-corrected chi connectivity index (χ2v) is 9.62. The summed E-state index contributed by atoms with van der Waals surface area (Å²) in [6, 6.07) is 41.2. The van der Waals surface area contributed by atoms with Gasteiger partial charge >= 0.3 is 0 Å². The van der Waals surface area contributed by atoms with E-state index >= 15 is 0 Å². The first-order valence-electron chi connectivity index (χ1n) is 11.7. The standard InChI is InChI=1S/C33H18/c1-3-12-25-21(8-1)22-9-2-4-13-26(22)33(25)27-14-6-11-24-23-10-5-7-19-15-16-20-17-18-28(33)32(31(24)27)30(20)29(19)23/h1-18H. The van der Waals surface area contributed by atoms with E-state index in [1.165, 1.54) is 76.5 Å². The molecule has 33 heavy (non-hydrogen) atoms. The van der Waals surface area contributed by atoms with Crippen LogP contribution in [0.25, 0.3) is 54.2 Å². The monoisotopic (exact) mass is 414 g/mol. The van der Waals surface area contributed by atoms with Gasteiger partial charge < -0.3 is 0 Å². The Morgan fingerprint density at radius 3 is 1.64 bits per heavy atom. The van der Waals surface area contributed by atoms with Crippen LogP contribution in [0.5, 0.6) is 0 Å². The predicted octanol–water partition coefficient (Wildman–Crippen LogP) is 8.41. The molecular weight excluding hydrogens is 396 g/mol. The first-order valence-corrected chi connectivity index (χ1v) is 11.7. The minimum Gasteiger partial charge on any atom is -0.0619 e. The first kappa shape index (κ1) is 16.5. The highest BCUT2D eigenvalue weighted by atomic mass is 14.5. The van der Waals surface area contributed by atoms with Crippen LogP contribution in [0.2, 0.25) is 0 Å². The summed E-state index contributed by atoms with van der Waals surface area (Å²) in [5.74, 6) is 0. The van der Waals surface area contributed by atoms with Gasteiger partial charge in [0.15, 0.2) is 0 Å². The Morgan fingerprint density at radius 1 is 0.333 bits per heavy atom. The minimum absolute atomic E-state index is 0.258. The lowest BCUT2D eigenvalue weighted by Crippen LogP contribution is -2.26. The number of fused-ring (bicyclic) bond motifs is 8. The fraction of sp³-hybridized carbons (Fsp3) is 0.0303. The van der Waals surface area contributed by atoms with Gasteiger partial charge in [-0.25, -0.2) is 0 Å². The molecule has 0 bridgehead atoms. The third kappa shape index (κ3) is 1.60. The molecule has 0 unspecified atom stereocenters. The van der Waals surface area contributed by atoms with Gasteiger partial charge in [0.05, 0.1) is 5.41 Å². The summed E-state index contributed by atoms with van der Waals surface area (Å²) in [5, 5.41) is 11.2. The SMILES string of the molecule is c1ccc2c(c1)-c1ccccc1C21c2cccc3c4cccc5ccc6ccc1c(c23)c6c54. The molecule has 1 spiro atoms. The van der Waals surface area contributed by atoms with Crippen molar-refractivity contribution in [2.45, 2.75) is 5.41 Å². The van der Waals surface area contributed by atoms with Crippen LogP contribution in [0.4, 0.5) is 0 Å². The average molecular weight is 415 g/mol. The molecule has 150 valence electrons. The van der Waals surface area contributed by atoms with E-state index in [1.54, 1.807) is 0 Å². The topological polar surface area (TPSA) is 0 Å². The van der Waals surface area contributed by atoms with E-state index < -0.39 is 0 Å². The van der Waals surface area contributed by atoms with E-state index in [2.05, 4.69) is 109 Å². The minimum atomic E-state index is -0.258. The molecule has 2 aliphatic carbocycles. The summed E-state index contributed by atoms with van der Waals surface area (Å²) in [5.41, 5.74) is 8.19. The van der Waals surface area contributed by atoms with Gasteiger partial charge in [-0.1, -0.05) is 109 Å². The summed E-state index contributed by atoms with van der Waals surface area (Å²) < 4.78 is 0. The van der Waals surface area contributed by atoms with Crippen molar-refractivity contribution in [3.8, 4) is 11.1 Å². The normalized spacial score (nSPS) is 14.9. The molecular formula is C33H18. The Balaban J connectivity index is 1.65. The Hall–Kier alpha value is -4.16. The lowest BCUT2D eigenvalue weighted by Gasteiger charge is -2.30. The quantitative estimate of drug-likeness (QED) is 0.173. The summed E-state index contributed by atoms with van der Waals surface area (Å²) in [6.07, 6.45) is 0. The molecule has 0 aromatic heterocycles. The van der Waals surface area contributed by atoms with Crippen LogP contribution in [-0.2, 0) is 5.41 Å². The third-order valence-electron chi connectivity index (χ3n) is 8.39. The summed E-state index contributed by atoms with van der Waals surface area (Å²) in [4.78, 5) is 0. The lowest BCUT2D eigenvalue weighted by molar-refractivity contribution is 0.797. The van der Waals surface area contributed by atoms with Gasteiger partial charge in [0, 0.05) is 0 Å². The van der Waals surface area contributed by atoms with Gasteiger partial charge in [-0.05, 0) is 76.5 Å². The van der Waals surface area contributed by atoms with Gasteiger partial charge in [-0.15, -0.1) is 0 Å². The Morgan fingerprint density at radius 2 is 0.879 bits per heavy atom. The van der Waals surface area contributed by atoms with E-state index in [4.69, 9.17) is 0 Å². The van der Waals surface area contributed by atoms with E-state index in [9.17, 15) is 0 Å². The average Bonchev–Trinajstić information content (AvgIpc) is 3.35. The molecule has 0 saturated carbocycles. The zero-order chi connectivity index (χ0) is 21.3. The number of benzene rings is 7. The maximum atomic E-state index is 2.42. The highest BCUT2D eigenvalue weighted by molar-refractivity contribution is 6.36. The van der Waals surface area contributed by atoms with Gasteiger partial charge in [0.2, 0.25) is 0 Å². The van der Waals surface area contributed by atoms with E-state index in [0.29, 0.717) is 0 Å². The molecule has 0 aliphatic heterocycles. The molecule has 9 rings (SSSR count). The molecule has 0 saturated heterocycles. The van der Waals surface area contributed by atoms with Crippen LogP contribution >= 0.6 is 0 Å². The maximum absolute atomic E-state index is 2.42. The molecule has 0 N–H and O–H groups in total. The number of hydrogen-bond donors (Lipinski definition) is 0. The van der Waals surface area contributed by atoms with Gasteiger partial charge in [-0.2, -0.15) is 0 Å². The van der Waals surface area contributed by atoms with Crippen LogP contribution in [0.15, 0.2) is 109 Å². The highest BCUT2D eigenvalue weighted by Crippen LogP contribution is 2.63. The van der Waals surface area contributed by atoms with Crippen molar-refractivity contribution in [2.75, 3.05) is 0 Å². The first-order chi connectivity index (χ1) is 16.4. The van der Waals surface area contributed by atoms with Crippen molar-refractivity contribution in [3.63, 3.8) is 0 Å². The van der Waals surface area contributed by atoms with Crippen molar-refractivity contribution >= 4 is 43.1 Å². The molecule has 0 fully saturated rings. The van der Waals surface area contributed by atoms with E-state index in [0.717, 1.165) is 0 Å². The zero-order valence-electron chi connectivity index (χ0n) is 17.9. The third-order valence-corrected chi connectivity index (χ3v) is 8.39. The molecule has 0 heterocycles. The van der Waals surface area contributed by atoms with Crippen molar-refractivity contribution in [2.24, 2.45) is 0 Å². The van der Waals surface area contributed by atoms with Crippen molar-refractivity contribution in [3.05, 3.63) is 131 Å². The largest absolute Gasteiger partial charge is 0.0725 e. The second kappa shape index (κ2) is 5.24. The van der Waals surface area contributed by atoms with Gasteiger partial charge in [0.1, 0.15) is 0 Å². The Kier molecular flexibility index (Phi) is 2.62. The molecule has 7 aromatic carbocycles. The Labute approximate surface area is 191 Å². The maximum Gasteiger partial charge on any atom is 0.0725 e. The molecule has 7 aromatic rings. The molecule has 0 heteroatoms. The molecule has 0 radical (unpaired) electrons. The Bertz CT molecular complexity index is 1930. The fourth-order valence-corrected chi connectivity index (χ4v) is 7.31. The van der Waals surface area contributed by atoms with Crippen LogP contribution < -0.4 is 0 Å². The van der Waals surface area contributed by atoms with Gasteiger partial charge in [-0.3, -0.25) is 0 Å². The number of rotatable bonds is 0. The zero-order valence-corrected chi connectivity index (χ0v) is 17.9. The van der Waals surface area contributed by atoms with Crippen LogP contribution in [0, 0.1) is 0 Å². The van der Waals surface area contributed by atoms with Crippen molar-refractivity contribution in [1.29, 1.82) is 0 Å². The summed E-state index contributed by atoms with van der Waals surface area (Å²) in [7, 11) is 0. The lowest BCUT2D eigenvalue weighted by atomic mass is 9.70. The molecule has 2 aliphatic rings. The highest BCUT2D eigenvalue weighted by Gasteiger charge is 2.50. The van der Waals surface area contributed by atoms with Crippen molar-refractivity contribution < 1.29 is 0 Å². The van der Waals surface area contributed by atoms with E-state index in [-0.39, 0.29) is 5.41 Å². The van der Waals surface area contributed by atoms with Crippen LogP contribution in [0.3, 0.4) is 0 Å². The van der Waals surface area contributed by atoms with Gasteiger partial charge in [0.25, 0.3) is 0 Å².